The van der Waals surface area contributed by atoms with Crippen LogP contribution in [0, 0.1) is 0 Å². The van der Waals surface area contributed by atoms with Crippen LogP contribution in [0.5, 0.6) is 0 Å². The average molecular weight is 233 g/mol. The second-order valence-electron chi connectivity index (χ2n) is 2.59. The molecule has 5 heteroatoms. The van der Waals surface area contributed by atoms with Crippen LogP contribution in [0.15, 0.2) is 16.9 Å². The van der Waals surface area contributed by atoms with E-state index in [0.29, 0.717) is 0 Å². The van der Waals surface area contributed by atoms with E-state index in [0.717, 1.165) is 4.47 Å². The predicted molar refractivity (Wildman–Crippen MR) is 46.9 cm³/mol. The number of aromatic nitrogens is 2. The molecule has 1 N–H and O–H groups in total. The van der Waals surface area contributed by atoms with Gasteiger partial charge in [-0.15, -0.1) is 0 Å². The Kier molecular flexibility index (Phi) is 2.86. The predicted octanol–water partition coefficient (Wildman–Crippen LogP) is 1.68. The van der Waals surface area contributed by atoms with Crippen LogP contribution < -0.4 is 0 Å². The average Bonchev–Trinajstić information content (AvgIpc) is 2.34. The zero-order valence-electron chi connectivity index (χ0n) is 6.57. The molecule has 0 amide bonds. The highest BCUT2D eigenvalue weighted by Crippen LogP contribution is 2.13. The highest BCUT2D eigenvalue weighted by molar-refractivity contribution is 9.10. The summed E-state index contributed by atoms with van der Waals surface area (Å²) >= 11 is 3.24. The number of carboxylic acid groups (broad SMARTS) is 1. The van der Waals surface area contributed by atoms with Crippen LogP contribution in [0.2, 0.25) is 0 Å². The number of hydrogen-bond donors (Lipinski definition) is 1. The van der Waals surface area contributed by atoms with Gasteiger partial charge < -0.3 is 5.11 Å². The Hall–Kier alpha value is -0.840. The summed E-state index contributed by atoms with van der Waals surface area (Å²) in [5.74, 6) is -0.811. The Morgan fingerprint density at radius 2 is 2.58 bits per heavy atom. The molecule has 1 aromatic rings. The minimum atomic E-state index is -0.811. The summed E-state index contributed by atoms with van der Waals surface area (Å²) < 4.78 is 2.48. The van der Waals surface area contributed by atoms with Crippen molar-refractivity contribution in [3.05, 3.63) is 16.9 Å². The molecule has 12 heavy (non-hydrogen) atoms. The molecule has 0 bridgehead atoms. The lowest BCUT2D eigenvalue weighted by atomic mass is 10.2. The summed E-state index contributed by atoms with van der Waals surface area (Å²) in [7, 11) is 0. The number of carbonyl (C=O) groups is 1. The quantitative estimate of drug-likeness (QED) is 0.863. The van der Waals surface area contributed by atoms with E-state index in [9.17, 15) is 4.79 Å². The molecule has 0 aliphatic carbocycles. The maximum atomic E-state index is 10.3. The van der Waals surface area contributed by atoms with E-state index >= 15 is 0 Å². The van der Waals surface area contributed by atoms with Crippen molar-refractivity contribution in [2.75, 3.05) is 0 Å². The maximum absolute atomic E-state index is 10.3. The van der Waals surface area contributed by atoms with Crippen molar-refractivity contribution in [2.24, 2.45) is 0 Å². The van der Waals surface area contributed by atoms with Crippen LogP contribution in [-0.2, 0) is 4.79 Å². The Labute approximate surface area is 78.3 Å². The molecular weight excluding hydrogens is 224 g/mol. The molecule has 0 fully saturated rings. The van der Waals surface area contributed by atoms with Gasteiger partial charge in [-0.05, 0) is 22.9 Å². The van der Waals surface area contributed by atoms with Crippen LogP contribution in [0.3, 0.4) is 0 Å². The first-order valence-corrected chi connectivity index (χ1v) is 4.30. The zero-order valence-corrected chi connectivity index (χ0v) is 8.15. The Morgan fingerprint density at radius 1 is 1.92 bits per heavy atom. The number of halogens is 1. The van der Waals surface area contributed by atoms with Gasteiger partial charge >= 0.3 is 5.97 Å². The Balaban J connectivity index is 2.64. The van der Waals surface area contributed by atoms with E-state index in [1.54, 1.807) is 17.1 Å². The van der Waals surface area contributed by atoms with Crippen molar-refractivity contribution in [3.63, 3.8) is 0 Å². The van der Waals surface area contributed by atoms with E-state index < -0.39 is 5.97 Å². The van der Waals surface area contributed by atoms with Crippen molar-refractivity contribution in [3.8, 4) is 0 Å². The topological polar surface area (TPSA) is 55.1 Å². The smallest absolute Gasteiger partial charge is 0.305 e. The number of carboxylic acids is 1. The van der Waals surface area contributed by atoms with Gasteiger partial charge in [0.1, 0.15) is 0 Å². The lowest BCUT2D eigenvalue weighted by Gasteiger charge is -2.07. The Morgan fingerprint density at radius 3 is 3.00 bits per heavy atom. The first-order chi connectivity index (χ1) is 5.59. The molecule has 1 aromatic heterocycles. The van der Waals surface area contributed by atoms with Crippen molar-refractivity contribution < 1.29 is 9.90 Å². The van der Waals surface area contributed by atoms with E-state index in [4.69, 9.17) is 5.11 Å². The molecule has 0 saturated carbocycles. The summed E-state index contributed by atoms with van der Waals surface area (Å²) in [6, 6.07) is -0.103. The fourth-order valence-corrected chi connectivity index (χ4v) is 1.20. The van der Waals surface area contributed by atoms with E-state index in [2.05, 4.69) is 21.0 Å². The third-order valence-electron chi connectivity index (χ3n) is 1.49. The van der Waals surface area contributed by atoms with Crippen LogP contribution in [0.1, 0.15) is 19.4 Å². The molecule has 0 spiro atoms. The summed E-state index contributed by atoms with van der Waals surface area (Å²) in [5, 5.41) is 12.5. The molecule has 1 rings (SSSR count). The summed E-state index contributed by atoms with van der Waals surface area (Å²) in [5.41, 5.74) is 0. The molecular formula is C7H9BrN2O2. The normalized spacial score (nSPS) is 12.8. The van der Waals surface area contributed by atoms with E-state index in [-0.39, 0.29) is 12.5 Å². The highest BCUT2D eigenvalue weighted by atomic mass is 79.9. The third kappa shape index (κ3) is 2.34. The number of nitrogens with zero attached hydrogens (tertiary/aromatic N) is 2. The van der Waals surface area contributed by atoms with Gasteiger partial charge in [0, 0.05) is 6.20 Å². The van der Waals surface area contributed by atoms with Crippen LogP contribution in [0.4, 0.5) is 0 Å². The van der Waals surface area contributed by atoms with Gasteiger partial charge in [0.15, 0.2) is 0 Å². The fourth-order valence-electron chi connectivity index (χ4n) is 0.902. The number of aliphatic carboxylic acids is 1. The minimum Gasteiger partial charge on any atom is -0.481 e. The first-order valence-electron chi connectivity index (χ1n) is 3.51. The Bertz CT molecular complexity index is 285. The van der Waals surface area contributed by atoms with Gasteiger partial charge in [-0.3, -0.25) is 9.48 Å². The maximum Gasteiger partial charge on any atom is 0.305 e. The van der Waals surface area contributed by atoms with Crippen LogP contribution >= 0.6 is 15.9 Å². The van der Waals surface area contributed by atoms with Crippen molar-refractivity contribution >= 4 is 21.9 Å². The largest absolute Gasteiger partial charge is 0.481 e. The second-order valence-corrected chi connectivity index (χ2v) is 3.50. The molecule has 0 aliphatic heterocycles. The highest BCUT2D eigenvalue weighted by Gasteiger charge is 2.09. The standard InChI is InChI=1S/C7H9BrN2O2/c1-5(2-7(11)12)10-4-6(8)3-9-10/h3-5H,2H2,1H3,(H,11,12)/t5-/m1/s1. The van der Waals surface area contributed by atoms with Gasteiger partial charge in [0.05, 0.1) is 23.1 Å². The fraction of sp³-hybridized carbons (Fsp3) is 0.429. The van der Waals surface area contributed by atoms with Gasteiger partial charge in [-0.2, -0.15) is 5.10 Å². The monoisotopic (exact) mass is 232 g/mol. The van der Waals surface area contributed by atoms with Gasteiger partial charge in [0.25, 0.3) is 0 Å². The lowest BCUT2D eigenvalue weighted by molar-refractivity contribution is -0.137. The molecule has 4 nitrogen and oxygen atoms in total. The zero-order chi connectivity index (χ0) is 9.14. The molecule has 66 valence electrons. The third-order valence-corrected chi connectivity index (χ3v) is 1.90. The van der Waals surface area contributed by atoms with Gasteiger partial charge in [-0.1, -0.05) is 0 Å². The van der Waals surface area contributed by atoms with Crippen molar-refractivity contribution in [2.45, 2.75) is 19.4 Å². The van der Waals surface area contributed by atoms with E-state index in [1.165, 1.54) is 0 Å². The molecule has 0 radical (unpaired) electrons. The van der Waals surface area contributed by atoms with Crippen molar-refractivity contribution in [1.82, 2.24) is 9.78 Å². The summed E-state index contributed by atoms with van der Waals surface area (Å²) in [4.78, 5) is 10.3. The second kappa shape index (κ2) is 3.71. The van der Waals surface area contributed by atoms with E-state index in [1.807, 2.05) is 6.92 Å². The van der Waals surface area contributed by atoms with Crippen LogP contribution in [-0.4, -0.2) is 20.9 Å². The van der Waals surface area contributed by atoms with Crippen molar-refractivity contribution in [1.29, 1.82) is 0 Å². The molecule has 0 unspecified atom stereocenters. The summed E-state index contributed by atoms with van der Waals surface area (Å²) in [6.45, 7) is 1.81. The number of hydrogen-bond acceptors (Lipinski definition) is 2. The molecule has 0 aromatic carbocycles. The lowest BCUT2D eigenvalue weighted by Crippen LogP contribution is -2.10. The van der Waals surface area contributed by atoms with Crippen LogP contribution in [0.25, 0.3) is 0 Å². The molecule has 1 atom stereocenters. The van der Waals surface area contributed by atoms with Gasteiger partial charge in [-0.25, -0.2) is 0 Å². The number of rotatable bonds is 3. The summed E-state index contributed by atoms with van der Waals surface area (Å²) in [6.07, 6.45) is 3.49. The molecule has 1 heterocycles. The molecule has 0 aliphatic rings. The SMILES string of the molecule is C[C@H](CC(=O)O)n1cc(Br)cn1. The molecule has 0 saturated heterocycles. The first kappa shape index (κ1) is 9.25. The minimum absolute atomic E-state index is 0.0914. The van der Waals surface area contributed by atoms with Gasteiger partial charge in [0.2, 0.25) is 0 Å².